The van der Waals surface area contributed by atoms with E-state index in [9.17, 15) is 0 Å². The van der Waals surface area contributed by atoms with Crippen LogP contribution >= 0.6 is 0 Å². The van der Waals surface area contributed by atoms with Gasteiger partial charge in [-0.25, -0.2) is 0 Å². The molecule has 1 unspecified atom stereocenters. The normalized spacial score (nSPS) is 22.3. The van der Waals surface area contributed by atoms with Crippen LogP contribution in [0, 0.1) is 11.3 Å². The van der Waals surface area contributed by atoms with E-state index < -0.39 is 0 Å². The van der Waals surface area contributed by atoms with E-state index in [2.05, 4.69) is 44.8 Å². The quantitative estimate of drug-likeness (QED) is 0.748. The summed E-state index contributed by atoms with van der Waals surface area (Å²) in [5.41, 5.74) is 0.568. The molecule has 0 saturated carbocycles. The summed E-state index contributed by atoms with van der Waals surface area (Å²) in [5.74, 6) is 0.757. The van der Waals surface area contributed by atoms with E-state index in [0.29, 0.717) is 5.41 Å². The Morgan fingerprint density at radius 2 is 1.72 bits per heavy atom. The Hall–Kier alpha value is -0.0800. The van der Waals surface area contributed by atoms with Crippen molar-refractivity contribution in [3.05, 3.63) is 0 Å². The van der Waals surface area contributed by atoms with E-state index in [1.165, 1.54) is 45.3 Å². The Bertz CT molecular complexity index is 213. The van der Waals surface area contributed by atoms with Gasteiger partial charge in [0.25, 0.3) is 0 Å². The molecule has 0 aromatic carbocycles. The van der Waals surface area contributed by atoms with Gasteiger partial charge in [0.05, 0.1) is 0 Å². The van der Waals surface area contributed by atoms with E-state index in [0.717, 1.165) is 18.5 Å². The third kappa shape index (κ3) is 5.71. The van der Waals surface area contributed by atoms with Gasteiger partial charge < -0.3 is 5.32 Å². The number of nitrogens with zero attached hydrogens (tertiary/aromatic N) is 1. The number of nitrogens with one attached hydrogen (secondary N) is 1. The first kappa shape index (κ1) is 16.0. The standard InChI is InChI=1S/C16H34N2/c1-6-7-15(13-17-12-14(2)3)18-10-8-16(4,5)9-11-18/h14-15,17H,6-13H2,1-5H3. The fourth-order valence-corrected chi connectivity index (χ4v) is 2.78. The maximum Gasteiger partial charge on any atom is 0.0220 e. The highest BCUT2D eigenvalue weighted by Crippen LogP contribution is 2.30. The predicted octanol–water partition coefficient (Wildman–Crippen LogP) is 3.52. The van der Waals surface area contributed by atoms with Crippen molar-refractivity contribution in [2.75, 3.05) is 26.2 Å². The highest BCUT2D eigenvalue weighted by atomic mass is 15.2. The molecule has 0 aliphatic carbocycles. The summed E-state index contributed by atoms with van der Waals surface area (Å²) >= 11 is 0. The average molecular weight is 254 g/mol. The van der Waals surface area contributed by atoms with E-state index in [1.54, 1.807) is 0 Å². The van der Waals surface area contributed by atoms with Crippen LogP contribution in [-0.2, 0) is 0 Å². The number of rotatable bonds is 7. The molecule has 2 heteroatoms. The highest BCUT2D eigenvalue weighted by molar-refractivity contribution is 4.83. The topological polar surface area (TPSA) is 15.3 Å². The summed E-state index contributed by atoms with van der Waals surface area (Å²) in [6.07, 6.45) is 5.36. The van der Waals surface area contributed by atoms with Crippen molar-refractivity contribution >= 4 is 0 Å². The molecule has 1 aliphatic heterocycles. The summed E-state index contributed by atoms with van der Waals surface area (Å²) in [7, 11) is 0. The van der Waals surface area contributed by atoms with Gasteiger partial charge in [0.15, 0.2) is 0 Å². The number of piperidine rings is 1. The molecule has 0 aromatic heterocycles. The Kier molecular flexibility index (Phi) is 6.65. The van der Waals surface area contributed by atoms with Crippen molar-refractivity contribution in [1.82, 2.24) is 10.2 Å². The first-order chi connectivity index (χ1) is 8.44. The van der Waals surface area contributed by atoms with Crippen LogP contribution in [0.1, 0.15) is 60.3 Å². The van der Waals surface area contributed by atoms with Crippen LogP contribution in [0.4, 0.5) is 0 Å². The van der Waals surface area contributed by atoms with Gasteiger partial charge >= 0.3 is 0 Å². The first-order valence-electron chi connectivity index (χ1n) is 7.89. The zero-order chi connectivity index (χ0) is 13.6. The summed E-state index contributed by atoms with van der Waals surface area (Å²) in [4.78, 5) is 2.72. The van der Waals surface area contributed by atoms with Crippen LogP contribution in [0.15, 0.2) is 0 Å². The zero-order valence-electron chi connectivity index (χ0n) is 13.3. The molecule has 1 N–H and O–H groups in total. The van der Waals surface area contributed by atoms with Gasteiger partial charge in [-0.1, -0.05) is 41.0 Å². The third-order valence-electron chi connectivity index (χ3n) is 4.22. The van der Waals surface area contributed by atoms with Crippen LogP contribution in [0.3, 0.4) is 0 Å². The monoisotopic (exact) mass is 254 g/mol. The molecule has 108 valence electrons. The lowest BCUT2D eigenvalue weighted by atomic mass is 9.82. The second kappa shape index (κ2) is 7.49. The molecule has 0 aromatic rings. The molecule has 1 rings (SSSR count). The molecule has 1 aliphatic rings. The van der Waals surface area contributed by atoms with Gasteiger partial charge in [0.2, 0.25) is 0 Å². The minimum Gasteiger partial charge on any atom is -0.315 e. The number of likely N-dealkylation sites (tertiary alicyclic amines) is 1. The fraction of sp³-hybridized carbons (Fsp3) is 1.00. The molecule has 2 nitrogen and oxygen atoms in total. The lowest BCUT2D eigenvalue weighted by Crippen LogP contribution is -2.48. The SMILES string of the molecule is CCCC(CNCC(C)C)N1CCC(C)(C)CC1. The van der Waals surface area contributed by atoms with Crippen LogP contribution in [0.2, 0.25) is 0 Å². The molecule has 0 amide bonds. The smallest absolute Gasteiger partial charge is 0.0220 e. The lowest BCUT2D eigenvalue weighted by molar-refractivity contribution is 0.0883. The minimum absolute atomic E-state index is 0.568. The average Bonchev–Trinajstić information content (AvgIpc) is 2.28. The molecule has 1 saturated heterocycles. The van der Waals surface area contributed by atoms with Gasteiger partial charge in [-0.15, -0.1) is 0 Å². The minimum atomic E-state index is 0.568. The van der Waals surface area contributed by atoms with Crippen molar-refractivity contribution < 1.29 is 0 Å². The summed E-state index contributed by atoms with van der Waals surface area (Å²) in [5, 5.41) is 3.65. The van der Waals surface area contributed by atoms with E-state index in [1.807, 2.05) is 0 Å². The Morgan fingerprint density at radius 1 is 1.11 bits per heavy atom. The molecule has 1 atom stereocenters. The van der Waals surface area contributed by atoms with Gasteiger partial charge in [0, 0.05) is 12.6 Å². The van der Waals surface area contributed by atoms with Crippen molar-refractivity contribution in [2.45, 2.75) is 66.3 Å². The Balaban J connectivity index is 2.37. The molecular formula is C16H34N2. The molecule has 0 bridgehead atoms. The predicted molar refractivity (Wildman–Crippen MR) is 81.0 cm³/mol. The summed E-state index contributed by atoms with van der Waals surface area (Å²) in [6.45, 7) is 16.6. The third-order valence-corrected chi connectivity index (χ3v) is 4.22. The fourth-order valence-electron chi connectivity index (χ4n) is 2.78. The first-order valence-corrected chi connectivity index (χ1v) is 7.89. The molecule has 18 heavy (non-hydrogen) atoms. The molecule has 1 fully saturated rings. The van der Waals surface area contributed by atoms with Crippen LogP contribution < -0.4 is 5.32 Å². The van der Waals surface area contributed by atoms with Gasteiger partial charge in [-0.3, -0.25) is 4.90 Å². The zero-order valence-corrected chi connectivity index (χ0v) is 13.3. The highest BCUT2D eigenvalue weighted by Gasteiger charge is 2.28. The van der Waals surface area contributed by atoms with E-state index in [-0.39, 0.29) is 0 Å². The maximum absolute atomic E-state index is 3.65. The Labute approximate surface area is 115 Å². The maximum atomic E-state index is 3.65. The molecular weight excluding hydrogens is 220 g/mol. The van der Waals surface area contributed by atoms with Crippen molar-refractivity contribution in [3.63, 3.8) is 0 Å². The second-order valence-corrected chi connectivity index (χ2v) is 7.19. The number of hydrogen-bond acceptors (Lipinski definition) is 2. The second-order valence-electron chi connectivity index (χ2n) is 7.19. The van der Waals surface area contributed by atoms with Gasteiger partial charge in [0.1, 0.15) is 0 Å². The molecule has 0 spiro atoms. The molecule has 1 heterocycles. The number of hydrogen-bond donors (Lipinski definition) is 1. The van der Waals surface area contributed by atoms with Crippen molar-refractivity contribution in [2.24, 2.45) is 11.3 Å². The van der Waals surface area contributed by atoms with Gasteiger partial charge in [-0.2, -0.15) is 0 Å². The Morgan fingerprint density at radius 3 is 2.22 bits per heavy atom. The summed E-state index contributed by atoms with van der Waals surface area (Å²) in [6, 6.07) is 0.754. The van der Waals surface area contributed by atoms with Crippen LogP contribution in [0.5, 0.6) is 0 Å². The van der Waals surface area contributed by atoms with Crippen molar-refractivity contribution in [3.8, 4) is 0 Å². The van der Waals surface area contributed by atoms with E-state index >= 15 is 0 Å². The van der Waals surface area contributed by atoms with E-state index in [4.69, 9.17) is 0 Å². The summed E-state index contributed by atoms with van der Waals surface area (Å²) < 4.78 is 0. The van der Waals surface area contributed by atoms with Gasteiger partial charge in [-0.05, 0) is 50.2 Å². The molecule has 0 radical (unpaired) electrons. The van der Waals surface area contributed by atoms with Crippen LogP contribution in [0.25, 0.3) is 0 Å². The van der Waals surface area contributed by atoms with Crippen LogP contribution in [-0.4, -0.2) is 37.1 Å². The van der Waals surface area contributed by atoms with Crippen molar-refractivity contribution in [1.29, 1.82) is 0 Å². The largest absolute Gasteiger partial charge is 0.315 e. The lowest BCUT2D eigenvalue weighted by Gasteiger charge is -2.41.